The van der Waals surface area contributed by atoms with Crippen molar-refractivity contribution >= 4 is 16.8 Å². The number of benzene rings is 2. The standard InChI is InChI=1S/C31H35F3O4/c1-6-8-9-10-21-11-14-25(27(16-21)31(32,33)34)26-17-22-12-13-24(18-28(22)37-29(26)36)38-30(4,5)19-20(3)15-23(35)7-2/h7,11-14,16-18,20H,2,6,8-10,15,19H2,1,3-5H3. The Balaban J connectivity index is 1.91. The summed E-state index contributed by atoms with van der Waals surface area (Å²) in [5, 5.41) is 0.481. The quantitative estimate of drug-likeness (QED) is 0.134. The third-order valence-electron chi connectivity index (χ3n) is 6.47. The summed E-state index contributed by atoms with van der Waals surface area (Å²) in [6.45, 7) is 11.3. The maximum atomic E-state index is 14.0. The second kappa shape index (κ2) is 12.0. The number of carbonyl (C=O) groups excluding carboxylic acids is 1. The molecule has 4 nitrogen and oxygen atoms in total. The SMILES string of the molecule is C=CC(=O)CC(C)CC(C)(C)Oc1ccc2cc(-c3ccc(CCCCC)cc3C(F)(F)F)c(=O)oc2c1. The molecule has 0 amide bonds. The summed E-state index contributed by atoms with van der Waals surface area (Å²) >= 11 is 0. The molecule has 7 heteroatoms. The molecule has 0 bridgehead atoms. The zero-order valence-electron chi connectivity index (χ0n) is 22.4. The molecule has 0 aliphatic rings. The number of unbranched alkanes of at least 4 members (excludes halogenated alkanes) is 2. The van der Waals surface area contributed by atoms with Crippen molar-refractivity contribution in [2.45, 2.75) is 78.0 Å². The molecule has 0 saturated heterocycles. The van der Waals surface area contributed by atoms with Gasteiger partial charge in [0.15, 0.2) is 5.78 Å². The van der Waals surface area contributed by atoms with E-state index in [0.29, 0.717) is 36.0 Å². The highest BCUT2D eigenvalue weighted by atomic mass is 19.4. The van der Waals surface area contributed by atoms with Gasteiger partial charge in [0.2, 0.25) is 0 Å². The third kappa shape index (κ3) is 7.59. The second-order valence-electron chi connectivity index (χ2n) is 10.5. The van der Waals surface area contributed by atoms with Crippen LogP contribution in [-0.4, -0.2) is 11.4 Å². The molecule has 1 heterocycles. The largest absolute Gasteiger partial charge is 0.488 e. The molecule has 3 aromatic rings. The number of carbonyl (C=O) groups is 1. The predicted octanol–water partition coefficient (Wildman–Crippen LogP) is 8.54. The van der Waals surface area contributed by atoms with E-state index in [0.717, 1.165) is 25.3 Å². The molecule has 2 aromatic carbocycles. The monoisotopic (exact) mass is 528 g/mol. The van der Waals surface area contributed by atoms with E-state index >= 15 is 0 Å². The van der Waals surface area contributed by atoms with E-state index in [1.807, 2.05) is 27.7 Å². The van der Waals surface area contributed by atoms with Crippen LogP contribution in [0.4, 0.5) is 13.2 Å². The third-order valence-corrected chi connectivity index (χ3v) is 6.47. The molecule has 1 atom stereocenters. The van der Waals surface area contributed by atoms with Gasteiger partial charge in [-0.25, -0.2) is 4.79 Å². The lowest BCUT2D eigenvalue weighted by atomic mass is 9.91. The molecular weight excluding hydrogens is 493 g/mol. The van der Waals surface area contributed by atoms with Gasteiger partial charge in [-0.1, -0.05) is 45.4 Å². The molecular formula is C31H35F3O4. The molecule has 3 rings (SSSR count). The number of fused-ring (bicyclic) bond motifs is 1. The molecule has 0 saturated carbocycles. The van der Waals surface area contributed by atoms with Crippen LogP contribution in [0.2, 0.25) is 0 Å². The average Bonchev–Trinajstić information content (AvgIpc) is 2.82. The average molecular weight is 529 g/mol. The Labute approximate surface area is 221 Å². The first-order chi connectivity index (χ1) is 17.8. The number of aryl methyl sites for hydroxylation is 1. The number of alkyl halides is 3. The van der Waals surface area contributed by atoms with Gasteiger partial charge in [0.25, 0.3) is 0 Å². The number of allylic oxidation sites excluding steroid dienone is 1. The Morgan fingerprint density at radius 1 is 1.08 bits per heavy atom. The fraction of sp³-hybridized carbons (Fsp3) is 0.419. The minimum atomic E-state index is -4.62. The fourth-order valence-electron chi connectivity index (χ4n) is 4.84. The van der Waals surface area contributed by atoms with Crippen molar-refractivity contribution in [2.24, 2.45) is 5.92 Å². The molecule has 0 aliphatic carbocycles. The van der Waals surface area contributed by atoms with Gasteiger partial charge in [0, 0.05) is 23.4 Å². The van der Waals surface area contributed by atoms with E-state index in [9.17, 15) is 22.8 Å². The van der Waals surface area contributed by atoms with Gasteiger partial charge in [-0.3, -0.25) is 4.79 Å². The number of hydrogen-bond donors (Lipinski definition) is 0. The van der Waals surface area contributed by atoms with Crippen LogP contribution in [0.1, 0.15) is 70.9 Å². The maximum absolute atomic E-state index is 14.0. The molecule has 1 aromatic heterocycles. The molecule has 0 radical (unpaired) electrons. The molecule has 38 heavy (non-hydrogen) atoms. The normalized spacial score (nSPS) is 12.9. The fourth-order valence-corrected chi connectivity index (χ4v) is 4.84. The van der Waals surface area contributed by atoms with E-state index in [1.165, 1.54) is 18.2 Å². The number of rotatable bonds is 12. The Bertz CT molecular complexity index is 1350. The minimum Gasteiger partial charge on any atom is -0.488 e. The highest BCUT2D eigenvalue weighted by Crippen LogP contribution is 2.38. The highest BCUT2D eigenvalue weighted by molar-refractivity contribution is 5.89. The van der Waals surface area contributed by atoms with Gasteiger partial charge >= 0.3 is 11.8 Å². The summed E-state index contributed by atoms with van der Waals surface area (Å²) in [4.78, 5) is 24.5. The van der Waals surface area contributed by atoms with Crippen molar-refractivity contribution in [1.82, 2.24) is 0 Å². The highest BCUT2D eigenvalue weighted by Gasteiger charge is 2.35. The predicted molar refractivity (Wildman–Crippen MR) is 144 cm³/mol. The lowest BCUT2D eigenvalue weighted by Crippen LogP contribution is -2.31. The molecule has 0 N–H and O–H groups in total. The number of ether oxygens (including phenoxy) is 1. The van der Waals surface area contributed by atoms with Crippen LogP contribution in [0.5, 0.6) is 5.75 Å². The molecule has 1 unspecified atom stereocenters. The smallest absolute Gasteiger partial charge is 0.417 e. The topological polar surface area (TPSA) is 56.5 Å². The van der Waals surface area contributed by atoms with E-state index in [1.54, 1.807) is 24.3 Å². The van der Waals surface area contributed by atoms with Crippen molar-refractivity contribution in [2.75, 3.05) is 0 Å². The summed E-state index contributed by atoms with van der Waals surface area (Å²) in [6.07, 6.45) is 0.923. The van der Waals surface area contributed by atoms with Gasteiger partial charge in [-0.2, -0.15) is 13.2 Å². The van der Waals surface area contributed by atoms with Crippen LogP contribution in [0.3, 0.4) is 0 Å². The van der Waals surface area contributed by atoms with E-state index in [2.05, 4.69) is 6.58 Å². The first kappa shape index (κ1) is 29.2. The Morgan fingerprint density at radius 2 is 1.82 bits per heavy atom. The number of halogens is 3. The summed E-state index contributed by atoms with van der Waals surface area (Å²) in [6, 6.07) is 10.5. The van der Waals surface area contributed by atoms with Crippen LogP contribution in [0.25, 0.3) is 22.1 Å². The lowest BCUT2D eigenvalue weighted by Gasteiger charge is -2.29. The molecule has 0 aliphatic heterocycles. The van der Waals surface area contributed by atoms with Crippen molar-refractivity contribution in [3.05, 3.63) is 76.7 Å². The summed E-state index contributed by atoms with van der Waals surface area (Å²) < 4.78 is 53.5. The van der Waals surface area contributed by atoms with Crippen molar-refractivity contribution in [1.29, 1.82) is 0 Å². The van der Waals surface area contributed by atoms with Crippen LogP contribution in [-0.2, 0) is 17.4 Å². The van der Waals surface area contributed by atoms with Crippen LogP contribution in [0.15, 0.2) is 64.3 Å². The first-order valence-corrected chi connectivity index (χ1v) is 13.0. The van der Waals surface area contributed by atoms with Gasteiger partial charge in [-0.05, 0) is 74.9 Å². The van der Waals surface area contributed by atoms with Gasteiger partial charge in [-0.15, -0.1) is 0 Å². The summed E-state index contributed by atoms with van der Waals surface area (Å²) in [5.41, 5.74) is -1.84. The first-order valence-electron chi connectivity index (χ1n) is 13.0. The van der Waals surface area contributed by atoms with Crippen LogP contribution >= 0.6 is 0 Å². The van der Waals surface area contributed by atoms with E-state index < -0.39 is 23.0 Å². The van der Waals surface area contributed by atoms with Crippen molar-refractivity contribution in [3.63, 3.8) is 0 Å². The molecule has 0 spiro atoms. The summed E-state index contributed by atoms with van der Waals surface area (Å²) in [7, 11) is 0. The molecule has 204 valence electrons. The lowest BCUT2D eigenvalue weighted by molar-refractivity contribution is -0.137. The Hall–Kier alpha value is -3.35. The van der Waals surface area contributed by atoms with Crippen molar-refractivity contribution in [3.8, 4) is 16.9 Å². The Kier molecular flexibility index (Phi) is 9.23. The van der Waals surface area contributed by atoms with Gasteiger partial charge in [0.1, 0.15) is 16.9 Å². The van der Waals surface area contributed by atoms with Crippen molar-refractivity contribution < 1.29 is 27.1 Å². The zero-order chi connectivity index (χ0) is 28.1. The van der Waals surface area contributed by atoms with Gasteiger partial charge < -0.3 is 9.15 Å². The number of hydrogen-bond acceptors (Lipinski definition) is 4. The Morgan fingerprint density at radius 3 is 2.47 bits per heavy atom. The minimum absolute atomic E-state index is 0.0311. The second-order valence-corrected chi connectivity index (χ2v) is 10.5. The molecule has 0 fully saturated rings. The maximum Gasteiger partial charge on any atom is 0.417 e. The van der Waals surface area contributed by atoms with E-state index in [-0.39, 0.29) is 28.4 Å². The number of ketones is 1. The zero-order valence-corrected chi connectivity index (χ0v) is 22.4. The summed E-state index contributed by atoms with van der Waals surface area (Å²) in [5.74, 6) is 0.488. The van der Waals surface area contributed by atoms with Crippen LogP contribution < -0.4 is 10.4 Å². The van der Waals surface area contributed by atoms with Gasteiger partial charge in [0.05, 0.1) is 11.1 Å². The van der Waals surface area contributed by atoms with Crippen LogP contribution in [0, 0.1) is 5.92 Å². The van der Waals surface area contributed by atoms with E-state index in [4.69, 9.17) is 9.15 Å².